The Balaban J connectivity index is 3.71. The molecule has 4 heteroatoms. The molecule has 0 N–H and O–H groups in total. The predicted molar refractivity (Wildman–Crippen MR) is 59.2 cm³/mol. The lowest BCUT2D eigenvalue weighted by Crippen LogP contribution is -2.38. The smallest absolute Gasteiger partial charge is 0.335 e. The van der Waals surface area contributed by atoms with Crippen molar-refractivity contribution in [3.63, 3.8) is 0 Å². The van der Waals surface area contributed by atoms with Gasteiger partial charge < -0.3 is 14.0 Å². The first-order chi connectivity index (χ1) is 6.72. The number of ether oxygens (including phenoxy) is 2. The summed E-state index contributed by atoms with van der Waals surface area (Å²) in [6.07, 6.45) is -0.513. The Labute approximate surface area is 92.1 Å². The van der Waals surface area contributed by atoms with Gasteiger partial charge in [-0.1, -0.05) is 6.58 Å². The molecule has 0 aliphatic carbocycles. The summed E-state index contributed by atoms with van der Waals surface area (Å²) >= 11 is 0. The summed E-state index contributed by atoms with van der Waals surface area (Å²) in [4.78, 5) is 11.1. The maximum absolute atomic E-state index is 11.1. The fourth-order valence-electron chi connectivity index (χ4n) is 0.778. The SMILES string of the molecule is C=C(C)C(=O)OC(C)OCC[N+](C)(C)C. The van der Waals surface area contributed by atoms with Gasteiger partial charge in [0.1, 0.15) is 6.54 Å². The summed E-state index contributed by atoms with van der Waals surface area (Å²) in [5, 5.41) is 0. The van der Waals surface area contributed by atoms with Gasteiger partial charge in [-0.3, -0.25) is 0 Å². The molecule has 88 valence electrons. The average molecular weight is 216 g/mol. The molecule has 0 bridgehead atoms. The average Bonchev–Trinajstić information content (AvgIpc) is 2.01. The quantitative estimate of drug-likeness (QED) is 0.289. The van der Waals surface area contributed by atoms with Gasteiger partial charge in [0.05, 0.1) is 27.7 Å². The van der Waals surface area contributed by atoms with Crippen molar-refractivity contribution < 1.29 is 18.8 Å². The number of esters is 1. The molecule has 0 aromatic rings. The van der Waals surface area contributed by atoms with Crippen LogP contribution >= 0.6 is 0 Å². The zero-order valence-electron chi connectivity index (χ0n) is 10.4. The van der Waals surface area contributed by atoms with Crippen molar-refractivity contribution in [2.24, 2.45) is 0 Å². The van der Waals surface area contributed by atoms with E-state index in [1.54, 1.807) is 13.8 Å². The minimum Gasteiger partial charge on any atom is -0.433 e. The summed E-state index contributed by atoms with van der Waals surface area (Å²) in [5.41, 5.74) is 0.386. The molecule has 0 radical (unpaired) electrons. The number of likely N-dealkylation sites (N-methyl/N-ethyl adjacent to an activating group) is 1. The van der Waals surface area contributed by atoms with Crippen molar-refractivity contribution in [3.05, 3.63) is 12.2 Å². The first kappa shape index (κ1) is 14.1. The molecule has 0 aliphatic rings. The van der Waals surface area contributed by atoms with Crippen molar-refractivity contribution in [1.29, 1.82) is 0 Å². The third-order valence-electron chi connectivity index (χ3n) is 1.74. The maximum atomic E-state index is 11.1. The van der Waals surface area contributed by atoms with E-state index in [1.165, 1.54) is 0 Å². The summed E-state index contributed by atoms with van der Waals surface area (Å²) in [7, 11) is 6.23. The van der Waals surface area contributed by atoms with E-state index in [4.69, 9.17) is 9.47 Å². The summed E-state index contributed by atoms with van der Waals surface area (Å²) in [6.45, 7) is 8.25. The molecule has 15 heavy (non-hydrogen) atoms. The van der Waals surface area contributed by atoms with E-state index in [1.807, 2.05) is 0 Å². The second-order valence-electron chi connectivity index (χ2n) is 4.64. The molecule has 4 nitrogen and oxygen atoms in total. The lowest BCUT2D eigenvalue weighted by molar-refractivity contribution is -0.871. The molecule has 0 heterocycles. The zero-order chi connectivity index (χ0) is 12.1. The molecule has 0 saturated carbocycles. The van der Waals surface area contributed by atoms with E-state index in [9.17, 15) is 4.79 Å². The monoisotopic (exact) mass is 216 g/mol. The lowest BCUT2D eigenvalue weighted by atomic mass is 10.4. The highest BCUT2D eigenvalue weighted by molar-refractivity contribution is 5.86. The Bertz CT molecular complexity index is 230. The molecule has 0 saturated heterocycles. The van der Waals surface area contributed by atoms with Gasteiger partial charge in [0.15, 0.2) is 0 Å². The Morgan fingerprint density at radius 3 is 2.33 bits per heavy atom. The van der Waals surface area contributed by atoms with E-state index in [-0.39, 0.29) is 0 Å². The fourth-order valence-corrected chi connectivity index (χ4v) is 0.778. The van der Waals surface area contributed by atoms with E-state index in [0.29, 0.717) is 12.2 Å². The van der Waals surface area contributed by atoms with Gasteiger partial charge in [0.25, 0.3) is 0 Å². The van der Waals surface area contributed by atoms with Crippen LogP contribution in [0.4, 0.5) is 0 Å². The third kappa shape index (κ3) is 8.15. The largest absolute Gasteiger partial charge is 0.433 e. The highest BCUT2D eigenvalue weighted by Gasteiger charge is 2.12. The normalized spacial score (nSPS) is 13.4. The molecule has 0 amide bonds. The molecule has 0 aromatic carbocycles. The van der Waals surface area contributed by atoms with Gasteiger partial charge in [-0.15, -0.1) is 0 Å². The van der Waals surface area contributed by atoms with Crippen LogP contribution in [0.5, 0.6) is 0 Å². The van der Waals surface area contributed by atoms with E-state index in [0.717, 1.165) is 11.0 Å². The highest BCUT2D eigenvalue weighted by Crippen LogP contribution is 2.00. The van der Waals surface area contributed by atoms with E-state index in [2.05, 4.69) is 27.7 Å². The number of carbonyl (C=O) groups is 1. The molecule has 0 fully saturated rings. The number of hydrogen-bond acceptors (Lipinski definition) is 3. The van der Waals surface area contributed by atoms with Gasteiger partial charge in [-0.2, -0.15) is 0 Å². The molecule has 1 unspecified atom stereocenters. The van der Waals surface area contributed by atoms with Crippen LogP contribution in [0.2, 0.25) is 0 Å². The standard InChI is InChI=1S/C11H22NO3/c1-9(2)11(13)15-10(3)14-8-7-12(4,5)6/h10H,1,7-8H2,2-6H3/q+1. The van der Waals surface area contributed by atoms with Crippen LogP contribution in [-0.4, -0.2) is 51.0 Å². The molecule has 0 aliphatic heterocycles. The molecular weight excluding hydrogens is 194 g/mol. The first-order valence-corrected chi connectivity index (χ1v) is 5.01. The number of rotatable bonds is 6. The second-order valence-corrected chi connectivity index (χ2v) is 4.64. The Morgan fingerprint density at radius 1 is 1.40 bits per heavy atom. The third-order valence-corrected chi connectivity index (χ3v) is 1.74. The van der Waals surface area contributed by atoms with Crippen LogP contribution in [0.1, 0.15) is 13.8 Å². The molecule has 0 rings (SSSR count). The van der Waals surface area contributed by atoms with E-state index >= 15 is 0 Å². The van der Waals surface area contributed by atoms with Crippen molar-refractivity contribution in [2.45, 2.75) is 20.1 Å². The maximum Gasteiger partial charge on any atom is 0.335 e. The summed E-state index contributed by atoms with van der Waals surface area (Å²) in [6, 6.07) is 0. The summed E-state index contributed by atoms with van der Waals surface area (Å²) in [5.74, 6) is -0.409. The minimum atomic E-state index is -0.513. The number of hydrogen-bond donors (Lipinski definition) is 0. The first-order valence-electron chi connectivity index (χ1n) is 5.01. The molecular formula is C11H22NO3+. The van der Waals surface area contributed by atoms with Crippen LogP contribution in [0.15, 0.2) is 12.2 Å². The molecule has 1 atom stereocenters. The zero-order valence-corrected chi connectivity index (χ0v) is 10.4. The molecule has 0 spiro atoms. The van der Waals surface area contributed by atoms with Gasteiger partial charge in [-0.25, -0.2) is 4.79 Å². The predicted octanol–water partition coefficient (Wildman–Crippen LogP) is 1.17. The lowest BCUT2D eigenvalue weighted by Gasteiger charge is -2.24. The molecule has 0 aromatic heterocycles. The number of carbonyl (C=O) groups excluding carboxylic acids is 1. The Hall–Kier alpha value is -0.870. The topological polar surface area (TPSA) is 35.5 Å². The van der Waals surface area contributed by atoms with Crippen LogP contribution < -0.4 is 0 Å². The van der Waals surface area contributed by atoms with Crippen molar-refractivity contribution >= 4 is 5.97 Å². The van der Waals surface area contributed by atoms with Crippen molar-refractivity contribution in [1.82, 2.24) is 0 Å². The fraction of sp³-hybridized carbons (Fsp3) is 0.727. The van der Waals surface area contributed by atoms with E-state index < -0.39 is 12.3 Å². The van der Waals surface area contributed by atoms with Crippen LogP contribution in [-0.2, 0) is 14.3 Å². The van der Waals surface area contributed by atoms with Gasteiger partial charge in [0, 0.05) is 5.57 Å². The van der Waals surface area contributed by atoms with Gasteiger partial charge >= 0.3 is 5.97 Å². The highest BCUT2D eigenvalue weighted by atomic mass is 16.7. The number of quaternary nitrogens is 1. The van der Waals surface area contributed by atoms with Crippen LogP contribution in [0, 0.1) is 0 Å². The van der Waals surface area contributed by atoms with Crippen molar-refractivity contribution in [2.75, 3.05) is 34.3 Å². The Morgan fingerprint density at radius 2 is 1.93 bits per heavy atom. The number of nitrogens with zero attached hydrogens (tertiary/aromatic N) is 1. The van der Waals surface area contributed by atoms with Crippen LogP contribution in [0.25, 0.3) is 0 Å². The van der Waals surface area contributed by atoms with Gasteiger partial charge in [-0.05, 0) is 13.8 Å². The van der Waals surface area contributed by atoms with Crippen LogP contribution in [0.3, 0.4) is 0 Å². The second kappa shape index (κ2) is 5.88. The minimum absolute atomic E-state index is 0.386. The Kier molecular flexibility index (Phi) is 5.54. The van der Waals surface area contributed by atoms with Gasteiger partial charge in [0.2, 0.25) is 6.29 Å². The van der Waals surface area contributed by atoms with Crippen molar-refractivity contribution in [3.8, 4) is 0 Å². The summed E-state index contributed by atoms with van der Waals surface area (Å²) < 4.78 is 11.1.